The van der Waals surface area contributed by atoms with E-state index in [9.17, 15) is 31.2 Å². The summed E-state index contributed by atoms with van der Waals surface area (Å²) in [5.41, 5.74) is 1.34. The first-order valence-electron chi connectivity index (χ1n) is 12.8. The number of rotatable bonds is 4. The van der Waals surface area contributed by atoms with Crippen LogP contribution < -0.4 is 5.32 Å². The number of nitrogens with one attached hydrogen (secondary N) is 1. The molecule has 0 aromatic heterocycles. The van der Waals surface area contributed by atoms with Gasteiger partial charge in [-0.1, -0.05) is 54.1 Å². The third-order valence-electron chi connectivity index (χ3n) is 7.06. The van der Waals surface area contributed by atoms with E-state index in [1.54, 1.807) is 12.1 Å². The highest BCUT2D eigenvalue weighted by Gasteiger charge is 2.45. The van der Waals surface area contributed by atoms with Crippen molar-refractivity contribution < 1.29 is 31.2 Å². The second-order valence-electron chi connectivity index (χ2n) is 10.1. The highest BCUT2D eigenvalue weighted by Crippen LogP contribution is 2.45. The first-order chi connectivity index (χ1) is 19.3. The summed E-state index contributed by atoms with van der Waals surface area (Å²) in [5.74, 6) is -0.322. The Morgan fingerprint density at radius 1 is 1.00 bits per heavy atom. The molecular formula is C29H27F3N4O4S. The number of sulfone groups is 1. The Kier molecular flexibility index (Phi) is 7.37. The molecule has 0 radical (unpaired) electrons. The maximum absolute atomic E-state index is 14.1. The predicted octanol–water partition coefficient (Wildman–Crippen LogP) is 4.51. The molecule has 41 heavy (non-hydrogen) atoms. The number of carbonyl (C=O) groups is 2. The van der Waals surface area contributed by atoms with E-state index < -0.39 is 39.7 Å². The number of aliphatic imine (C=N–C) groups is 1. The number of halogens is 3. The molecule has 0 spiro atoms. The van der Waals surface area contributed by atoms with Crippen LogP contribution in [0.2, 0.25) is 0 Å². The van der Waals surface area contributed by atoms with Crippen molar-refractivity contribution in [1.82, 2.24) is 15.1 Å². The lowest BCUT2D eigenvalue weighted by molar-refractivity contribution is -0.137. The van der Waals surface area contributed by atoms with Gasteiger partial charge < -0.3 is 10.2 Å². The number of benzene rings is 3. The molecule has 2 heterocycles. The number of amides is 3. The zero-order valence-corrected chi connectivity index (χ0v) is 23.0. The second-order valence-corrected chi connectivity index (χ2v) is 12.1. The Morgan fingerprint density at radius 2 is 1.71 bits per heavy atom. The number of hydrogen-bond donors (Lipinski definition) is 1. The van der Waals surface area contributed by atoms with E-state index in [4.69, 9.17) is 4.99 Å². The summed E-state index contributed by atoms with van der Waals surface area (Å²) in [4.78, 5) is 33.9. The van der Waals surface area contributed by atoms with Crippen molar-refractivity contribution >= 4 is 27.6 Å². The molecule has 2 aliphatic heterocycles. The Morgan fingerprint density at radius 3 is 2.34 bits per heavy atom. The smallest absolute Gasteiger partial charge is 0.353 e. The molecule has 12 heteroatoms. The van der Waals surface area contributed by atoms with Gasteiger partial charge in [-0.15, -0.1) is 0 Å². The predicted molar refractivity (Wildman–Crippen MR) is 146 cm³/mol. The number of nitrogens with zero attached hydrogens (tertiary/aromatic N) is 3. The fourth-order valence-electron chi connectivity index (χ4n) is 5.10. The monoisotopic (exact) mass is 584 g/mol. The standard InChI is InChI=1S/C29H27F3N4O4S/c1-18-5-3-6-20(15-18)26-25(19-9-11-23(12-10-19)41(2,39)40)34-27(21-7-4-8-22(16-21)29(30,31)32)36(26)28(38)35-14-13-33-24(37)17-35/h3-12,15-16,25-26H,13-14,17H2,1-2H3,(H,33,37). The molecule has 1 saturated heterocycles. The van der Waals surface area contributed by atoms with Gasteiger partial charge in [0.2, 0.25) is 5.91 Å². The SMILES string of the molecule is Cc1cccc(C2C(c3ccc(S(C)(=O)=O)cc3)N=C(c3cccc(C(F)(F)F)c3)N2C(=O)N2CCNC(=O)C2)c1. The molecule has 214 valence electrons. The lowest BCUT2D eigenvalue weighted by Gasteiger charge is -2.35. The third-order valence-corrected chi connectivity index (χ3v) is 8.19. The molecule has 3 amide bonds. The van der Waals surface area contributed by atoms with Crippen LogP contribution >= 0.6 is 0 Å². The highest BCUT2D eigenvalue weighted by molar-refractivity contribution is 7.90. The first kappa shape index (κ1) is 28.3. The van der Waals surface area contributed by atoms with Gasteiger partial charge in [0.25, 0.3) is 0 Å². The number of aryl methyl sites for hydroxylation is 1. The Hall–Kier alpha value is -4.19. The molecule has 3 aromatic rings. The van der Waals surface area contributed by atoms with Crippen LogP contribution in [0.25, 0.3) is 0 Å². The normalized spacial score (nSPS) is 19.6. The van der Waals surface area contributed by atoms with Crippen molar-refractivity contribution in [2.24, 2.45) is 4.99 Å². The van der Waals surface area contributed by atoms with E-state index in [-0.39, 0.29) is 41.8 Å². The molecule has 1 N–H and O–H groups in total. The molecule has 1 fully saturated rings. The Balaban J connectivity index is 1.70. The maximum Gasteiger partial charge on any atom is 0.416 e. The maximum atomic E-state index is 14.1. The Labute approximate surface area is 235 Å². The van der Waals surface area contributed by atoms with Gasteiger partial charge in [-0.2, -0.15) is 13.2 Å². The van der Waals surface area contributed by atoms with Crippen molar-refractivity contribution in [3.63, 3.8) is 0 Å². The number of alkyl halides is 3. The van der Waals surface area contributed by atoms with Gasteiger partial charge in [0.15, 0.2) is 9.84 Å². The quantitative estimate of drug-likeness (QED) is 0.488. The van der Waals surface area contributed by atoms with Crippen LogP contribution in [-0.4, -0.2) is 61.9 Å². The van der Waals surface area contributed by atoms with Crippen molar-refractivity contribution in [2.45, 2.75) is 30.1 Å². The number of piperazine rings is 1. The molecule has 0 aliphatic carbocycles. The van der Waals surface area contributed by atoms with E-state index >= 15 is 0 Å². The lowest BCUT2D eigenvalue weighted by Crippen LogP contribution is -2.55. The second kappa shape index (κ2) is 10.7. The summed E-state index contributed by atoms with van der Waals surface area (Å²) in [6.07, 6.45) is -3.53. The van der Waals surface area contributed by atoms with Crippen molar-refractivity contribution in [3.05, 3.63) is 101 Å². The minimum Gasteiger partial charge on any atom is -0.353 e. The summed E-state index contributed by atoms with van der Waals surface area (Å²) >= 11 is 0. The van der Waals surface area contributed by atoms with Gasteiger partial charge in [-0.25, -0.2) is 13.2 Å². The van der Waals surface area contributed by atoms with Crippen LogP contribution in [0.1, 0.15) is 39.9 Å². The summed E-state index contributed by atoms with van der Waals surface area (Å²) in [7, 11) is -3.48. The number of carbonyl (C=O) groups excluding carboxylic acids is 2. The zero-order chi connectivity index (χ0) is 29.5. The largest absolute Gasteiger partial charge is 0.416 e. The van der Waals surface area contributed by atoms with Crippen molar-refractivity contribution in [3.8, 4) is 0 Å². The fourth-order valence-corrected chi connectivity index (χ4v) is 5.73. The zero-order valence-electron chi connectivity index (χ0n) is 22.2. The van der Waals surface area contributed by atoms with Gasteiger partial charge in [-0.05, 0) is 42.3 Å². The summed E-state index contributed by atoms with van der Waals surface area (Å²) in [5, 5.41) is 2.67. The van der Waals surface area contributed by atoms with Gasteiger partial charge in [0.05, 0.1) is 16.5 Å². The average Bonchev–Trinajstić information content (AvgIpc) is 3.32. The molecule has 2 aliphatic rings. The van der Waals surface area contributed by atoms with Crippen molar-refractivity contribution in [1.29, 1.82) is 0 Å². The topological polar surface area (TPSA) is 99.2 Å². The van der Waals surface area contributed by atoms with Gasteiger partial charge in [0, 0.05) is 24.9 Å². The summed E-state index contributed by atoms with van der Waals surface area (Å²) in [6.45, 7) is 2.12. The fraction of sp³-hybridized carbons (Fsp3) is 0.276. The van der Waals surface area contributed by atoms with Crippen LogP contribution in [0.4, 0.5) is 18.0 Å². The molecule has 5 rings (SSSR count). The molecule has 8 nitrogen and oxygen atoms in total. The van der Waals surface area contributed by atoms with Crippen molar-refractivity contribution in [2.75, 3.05) is 25.9 Å². The van der Waals surface area contributed by atoms with Gasteiger partial charge in [-0.3, -0.25) is 14.7 Å². The van der Waals surface area contributed by atoms with Gasteiger partial charge >= 0.3 is 12.2 Å². The van der Waals surface area contributed by atoms with Crippen LogP contribution in [-0.2, 0) is 20.8 Å². The van der Waals surface area contributed by atoms with Crippen LogP contribution in [0, 0.1) is 6.92 Å². The minimum atomic E-state index is -4.62. The summed E-state index contributed by atoms with van der Waals surface area (Å²) in [6, 6.07) is 15.9. The van der Waals surface area contributed by atoms with E-state index in [1.165, 1.54) is 34.1 Å². The molecule has 3 aromatic carbocycles. The molecule has 0 bridgehead atoms. The molecular weight excluding hydrogens is 557 g/mol. The number of hydrogen-bond acceptors (Lipinski definition) is 5. The van der Waals surface area contributed by atoms with Crippen LogP contribution in [0.5, 0.6) is 0 Å². The van der Waals surface area contributed by atoms with E-state index in [1.807, 2.05) is 31.2 Å². The number of urea groups is 1. The first-order valence-corrected chi connectivity index (χ1v) is 14.7. The number of amidine groups is 1. The Bertz CT molecular complexity index is 1640. The third kappa shape index (κ3) is 5.83. The molecule has 2 atom stereocenters. The van der Waals surface area contributed by atoms with E-state index in [0.29, 0.717) is 11.1 Å². The lowest BCUT2D eigenvalue weighted by atomic mass is 9.93. The average molecular weight is 585 g/mol. The van der Waals surface area contributed by atoms with E-state index in [0.717, 1.165) is 24.0 Å². The molecule has 0 saturated carbocycles. The minimum absolute atomic E-state index is 0.0239. The highest BCUT2D eigenvalue weighted by atomic mass is 32.2. The van der Waals surface area contributed by atoms with Crippen LogP contribution in [0.15, 0.2) is 82.7 Å². The van der Waals surface area contributed by atoms with E-state index in [2.05, 4.69) is 5.32 Å². The van der Waals surface area contributed by atoms with Gasteiger partial charge in [0.1, 0.15) is 18.4 Å². The summed E-state index contributed by atoms with van der Waals surface area (Å²) < 4.78 is 65.2. The molecule has 2 unspecified atom stereocenters. The van der Waals surface area contributed by atoms with Crippen LogP contribution in [0.3, 0.4) is 0 Å².